The zero-order chi connectivity index (χ0) is 26.2. The third-order valence-electron chi connectivity index (χ3n) is 6.76. The van der Waals surface area contributed by atoms with Crippen molar-refractivity contribution in [3.63, 3.8) is 0 Å². The number of hydrogen-bond donors (Lipinski definition) is 0. The second kappa shape index (κ2) is 10.3. The zero-order valence-electron chi connectivity index (χ0n) is 21.0. The predicted octanol–water partition coefficient (Wildman–Crippen LogP) is 5.15. The molecule has 0 N–H and O–H groups in total. The number of nitrogens with zero attached hydrogens (tertiary/aromatic N) is 3. The molecule has 1 saturated heterocycles. The third kappa shape index (κ3) is 5.01. The molecule has 0 bridgehead atoms. The van der Waals surface area contributed by atoms with Crippen molar-refractivity contribution in [2.45, 2.75) is 38.1 Å². The van der Waals surface area contributed by atoms with E-state index in [1.807, 2.05) is 32.0 Å². The van der Waals surface area contributed by atoms with Crippen LogP contribution in [0.3, 0.4) is 0 Å². The fraction of sp³-hybridized carbons (Fsp3) is 0.333. The predicted molar refractivity (Wildman–Crippen MR) is 143 cm³/mol. The highest BCUT2D eigenvalue weighted by Crippen LogP contribution is 2.38. The van der Waals surface area contributed by atoms with E-state index in [9.17, 15) is 13.2 Å². The zero-order valence-corrected chi connectivity index (χ0v) is 22.6. The topological polar surface area (TPSA) is 93.0 Å². The van der Waals surface area contributed by atoms with Crippen molar-refractivity contribution in [2.24, 2.45) is 5.92 Å². The summed E-state index contributed by atoms with van der Waals surface area (Å²) in [5, 5.41) is 0.568. The van der Waals surface area contributed by atoms with Crippen LogP contribution in [0, 0.1) is 19.8 Å². The lowest BCUT2D eigenvalue weighted by atomic mass is 9.96. The Balaban J connectivity index is 1.39. The number of hydrogen-bond acceptors (Lipinski definition) is 7. The second-order valence-corrected chi connectivity index (χ2v) is 12.2. The number of anilines is 1. The standard InChI is InChI=1S/C27H29N3O5S2/c1-18-6-9-22(10-7-18)37(32,33)29-14-12-20(13-15-29)26(31)30(17-21-5-4-16-35-21)27-28-24-23(34-3)11-8-19(2)25(24)36-27/h4-11,16,20H,12-15,17H2,1-3H3. The van der Waals surface area contributed by atoms with Crippen LogP contribution in [-0.4, -0.2) is 43.8 Å². The number of aryl methyl sites for hydroxylation is 2. The molecule has 4 aromatic rings. The molecule has 8 nitrogen and oxygen atoms in total. The molecule has 1 fully saturated rings. The molecule has 3 heterocycles. The van der Waals surface area contributed by atoms with Crippen LogP contribution in [0.4, 0.5) is 5.13 Å². The normalized spacial score (nSPS) is 15.2. The molecule has 2 aromatic heterocycles. The van der Waals surface area contributed by atoms with Gasteiger partial charge in [0, 0.05) is 19.0 Å². The molecule has 0 unspecified atom stereocenters. The van der Waals surface area contributed by atoms with Gasteiger partial charge in [-0.25, -0.2) is 13.4 Å². The quantitative estimate of drug-likeness (QED) is 0.323. The van der Waals surface area contributed by atoms with Gasteiger partial charge < -0.3 is 9.15 Å². The molecule has 0 spiro atoms. The molecule has 10 heteroatoms. The SMILES string of the molecule is COc1ccc(C)c2sc(N(Cc3ccco3)C(=O)C3CCN(S(=O)(=O)c4ccc(C)cc4)CC3)nc12. The first-order chi connectivity index (χ1) is 17.8. The van der Waals surface area contributed by atoms with E-state index in [2.05, 4.69) is 0 Å². The summed E-state index contributed by atoms with van der Waals surface area (Å²) in [7, 11) is -2.00. The van der Waals surface area contributed by atoms with Gasteiger partial charge in [-0.15, -0.1) is 0 Å². The minimum Gasteiger partial charge on any atom is -0.494 e. The lowest BCUT2D eigenvalue weighted by Gasteiger charge is -2.32. The largest absolute Gasteiger partial charge is 0.494 e. The summed E-state index contributed by atoms with van der Waals surface area (Å²) < 4.78 is 39.8. The Kier molecular flexibility index (Phi) is 7.06. The van der Waals surface area contributed by atoms with Gasteiger partial charge in [0.05, 0.1) is 29.5 Å². The minimum absolute atomic E-state index is 0.0838. The van der Waals surface area contributed by atoms with Crippen LogP contribution in [0.15, 0.2) is 64.1 Å². The number of carbonyl (C=O) groups is 1. The third-order valence-corrected chi connectivity index (χ3v) is 9.89. The highest BCUT2D eigenvalue weighted by molar-refractivity contribution is 7.89. The van der Waals surface area contributed by atoms with Crippen LogP contribution in [0.1, 0.15) is 29.7 Å². The summed E-state index contributed by atoms with van der Waals surface area (Å²) in [4.78, 5) is 20.6. The molecule has 1 aliphatic heterocycles. The van der Waals surface area contributed by atoms with Crippen LogP contribution >= 0.6 is 11.3 Å². The van der Waals surface area contributed by atoms with Crippen LogP contribution in [0.25, 0.3) is 10.2 Å². The van der Waals surface area contributed by atoms with E-state index in [0.717, 1.165) is 21.3 Å². The number of furan rings is 1. The molecule has 0 atom stereocenters. The molecule has 194 valence electrons. The van der Waals surface area contributed by atoms with Gasteiger partial charge in [-0.05, 0) is 62.6 Å². The maximum atomic E-state index is 13.9. The lowest BCUT2D eigenvalue weighted by Crippen LogP contribution is -2.44. The molecular formula is C27H29N3O5S2. The first-order valence-corrected chi connectivity index (χ1v) is 14.4. The van der Waals surface area contributed by atoms with Gasteiger partial charge in [0.25, 0.3) is 0 Å². The number of thiazole rings is 1. The number of piperidine rings is 1. The Bertz CT molecular complexity index is 1500. The van der Waals surface area contributed by atoms with Gasteiger partial charge in [-0.1, -0.05) is 35.1 Å². The first kappa shape index (κ1) is 25.4. The van der Waals surface area contributed by atoms with Gasteiger partial charge in [0.15, 0.2) is 5.13 Å². The summed E-state index contributed by atoms with van der Waals surface area (Å²) in [5.74, 6) is 0.896. The summed E-state index contributed by atoms with van der Waals surface area (Å²) in [6, 6.07) is 14.3. The fourth-order valence-electron chi connectivity index (χ4n) is 4.60. The van der Waals surface area contributed by atoms with Crippen molar-refractivity contribution in [1.29, 1.82) is 0 Å². The lowest BCUT2D eigenvalue weighted by molar-refractivity contribution is -0.123. The van der Waals surface area contributed by atoms with Crippen LogP contribution in [0.5, 0.6) is 5.75 Å². The van der Waals surface area contributed by atoms with Crippen molar-refractivity contribution in [1.82, 2.24) is 9.29 Å². The maximum absolute atomic E-state index is 13.9. The highest BCUT2D eigenvalue weighted by atomic mass is 32.2. The second-order valence-electron chi connectivity index (χ2n) is 9.25. The fourth-order valence-corrected chi connectivity index (χ4v) is 7.13. The molecule has 5 rings (SSSR count). The number of methoxy groups -OCH3 is 1. The Labute approximate surface area is 220 Å². The Morgan fingerprint density at radius 2 is 1.86 bits per heavy atom. The molecule has 1 aliphatic rings. The molecule has 0 radical (unpaired) electrons. The molecule has 0 aliphatic carbocycles. The van der Waals surface area contributed by atoms with Gasteiger partial charge in [0.1, 0.15) is 17.0 Å². The number of sulfonamides is 1. The van der Waals surface area contributed by atoms with Gasteiger partial charge in [-0.3, -0.25) is 9.69 Å². The summed E-state index contributed by atoms with van der Waals surface area (Å²) in [5.41, 5.74) is 2.78. The highest BCUT2D eigenvalue weighted by Gasteiger charge is 2.35. The Hall–Kier alpha value is -3.21. The van der Waals surface area contributed by atoms with Gasteiger partial charge >= 0.3 is 0 Å². The Morgan fingerprint density at radius 1 is 1.14 bits per heavy atom. The van der Waals surface area contributed by atoms with Crippen molar-refractivity contribution in [3.05, 3.63) is 71.7 Å². The molecule has 1 amide bonds. The Morgan fingerprint density at radius 3 is 2.51 bits per heavy atom. The van der Waals surface area contributed by atoms with E-state index < -0.39 is 10.0 Å². The summed E-state index contributed by atoms with van der Waals surface area (Å²) in [6.45, 7) is 4.74. The van der Waals surface area contributed by atoms with E-state index in [1.165, 1.54) is 15.6 Å². The van der Waals surface area contributed by atoms with Gasteiger partial charge in [-0.2, -0.15) is 4.31 Å². The number of rotatable bonds is 7. The summed E-state index contributed by atoms with van der Waals surface area (Å²) in [6.07, 6.45) is 2.45. The van der Waals surface area contributed by atoms with Gasteiger partial charge in [0.2, 0.25) is 15.9 Å². The van der Waals surface area contributed by atoms with E-state index in [1.54, 1.807) is 48.6 Å². The summed E-state index contributed by atoms with van der Waals surface area (Å²) >= 11 is 1.44. The van der Waals surface area contributed by atoms with Crippen molar-refractivity contribution in [3.8, 4) is 5.75 Å². The minimum atomic E-state index is -3.60. The van der Waals surface area contributed by atoms with Crippen LogP contribution < -0.4 is 9.64 Å². The van der Waals surface area contributed by atoms with E-state index >= 15 is 0 Å². The van der Waals surface area contributed by atoms with E-state index in [-0.39, 0.29) is 36.4 Å². The van der Waals surface area contributed by atoms with E-state index in [4.69, 9.17) is 14.1 Å². The smallest absolute Gasteiger partial charge is 0.243 e. The molecular weight excluding hydrogens is 510 g/mol. The number of benzene rings is 2. The van der Waals surface area contributed by atoms with Crippen LogP contribution in [0.2, 0.25) is 0 Å². The maximum Gasteiger partial charge on any atom is 0.243 e. The van der Waals surface area contributed by atoms with E-state index in [0.29, 0.717) is 29.5 Å². The number of fused-ring (bicyclic) bond motifs is 1. The average molecular weight is 540 g/mol. The monoisotopic (exact) mass is 539 g/mol. The van der Waals surface area contributed by atoms with Crippen molar-refractivity contribution >= 4 is 42.6 Å². The average Bonchev–Trinajstić information content (AvgIpc) is 3.58. The number of aromatic nitrogens is 1. The number of amides is 1. The number of carbonyl (C=O) groups excluding carboxylic acids is 1. The first-order valence-electron chi connectivity index (χ1n) is 12.1. The van der Waals surface area contributed by atoms with Crippen molar-refractivity contribution < 1.29 is 22.4 Å². The van der Waals surface area contributed by atoms with Crippen molar-refractivity contribution in [2.75, 3.05) is 25.1 Å². The molecule has 37 heavy (non-hydrogen) atoms. The molecule has 2 aromatic carbocycles. The van der Waals surface area contributed by atoms with Crippen LogP contribution in [-0.2, 0) is 21.4 Å². The number of ether oxygens (including phenoxy) is 1. The molecule has 0 saturated carbocycles.